The van der Waals surface area contributed by atoms with Crippen molar-refractivity contribution >= 4 is 49.0 Å². The smallest absolute Gasteiger partial charge is 0.0492 e. The minimum absolute atomic E-state index is 0.843. The zero-order chi connectivity index (χ0) is 8.55. The molecule has 2 rings (SSSR count). The van der Waals surface area contributed by atoms with Crippen LogP contribution in [0.5, 0.6) is 0 Å². The first-order valence-electron chi connectivity index (χ1n) is 3.54. The molecule has 0 bridgehead atoms. The van der Waals surface area contributed by atoms with Crippen LogP contribution in [0, 0.1) is 0 Å². The SMILES string of the molecule is Clc1cccc2sc(CBr)cc12. The monoisotopic (exact) mass is 260 g/mol. The fraction of sp³-hybridized carbons (Fsp3) is 0.111. The van der Waals surface area contributed by atoms with Crippen LogP contribution in [0.1, 0.15) is 4.88 Å². The maximum atomic E-state index is 6.02. The van der Waals surface area contributed by atoms with Gasteiger partial charge in [0.25, 0.3) is 0 Å². The molecule has 1 heterocycles. The van der Waals surface area contributed by atoms with Crippen molar-refractivity contribution < 1.29 is 0 Å². The Bertz CT molecular complexity index is 408. The summed E-state index contributed by atoms with van der Waals surface area (Å²) >= 11 is 11.2. The van der Waals surface area contributed by atoms with Gasteiger partial charge in [-0.05, 0) is 18.2 Å². The zero-order valence-electron chi connectivity index (χ0n) is 6.18. The van der Waals surface area contributed by atoms with Gasteiger partial charge in [-0.2, -0.15) is 0 Å². The molecule has 2 aromatic rings. The van der Waals surface area contributed by atoms with Gasteiger partial charge in [-0.25, -0.2) is 0 Å². The van der Waals surface area contributed by atoms with E-state index < -0.39 is 0 Å². The second-order valence-electron chi connectivity index (χ2n) is 2.50. The molecule has 0 saturated heterocycles. The molecule has 1 aromatic heterocycles. The molecule has 0 nitrogen and oxygen atoms in total. The van der Waals surface area contributed by atoms with Crippen molar-refractivity contribution in [1.29, 1.82) is 0 Å². The number of thiophene rings is 1. The van der Waals surface area contributed by atoms with Crippen LogP contribution in [0.2, 0.25) is 5.02 Å². The molecule has 0 unspecified atom stereocenters. The number of halogens is 2. The Labute approximate surface area is 88.3 Å². The normalized spacial score (nSPS) is 10.8. The summed E-state index contributed by atoms with van der Waals surface area (Å²) in [6.45, 7) is 0. The van der Waals surface area contributed by atoms with E-state index >= 15 is 0 Å². The topological polar surface area (TPSA) is 0 Å². The summed E-state index contributed by atoms with van der Waals surface area (Å²) in [6, 6.07) is 8.14. The summed E-state index contributed by atoms with van der Waals surface area (Å²) in [5.74, 6) is 0. The lowest BCUT2D eigenvalue weighted by Gasteiger charge is -1.89. The van der Waals surface area contributed by atoms with Gasteiger partial charge in [-0.3, -0.25) is 0 Å². The predicted octanol–water partition coefficient (Wildman–Crippen LogP) is 4.45. The van der Waals surface area contributed by atoms with Crippen LogP contribution < -0.4 is 0 Å². The second-order valence-corrected chi connectivity index (χ2v) is 4.63. The van der Waals surface area contributed by atoms with Crippen molar-refractivity contribution in [2.75, 3.05) is 0 Å². The summed E-state index contributed by atoms with van der Waals surface area (Å²) in [7, 11) is 0. The van der Waals surface area contributed by atoms with Crippen molar-refractivity contribution in [3.05, 3.63) is 34.2 Å². The maximum absolute atomic E-state index is 6.02. The summed E-state index contributed by atoms with van der Waals surface area (Å²) in [5.41, 5.74) is 0. The van der Waals surface area contributed by atoms with E-state index in [1.165, 1.54) is 15.0 Å². The highest BCUT2D eigenvalue weighted by Gasteiger charge is 2.02. The highest BCUT2D eigenvalue weighted by atomic mass is 79.9. The van der Waals surface area contributed by atoms with E-state index in [1.807, 2.05) is 12.1 Å². The van der Waals surface area contributed by atoms with Crippen molar-refractivity contribution in [3.8, 4) is 0 Å². The molecule has 1 aromatic carbocycles. The third kappa shape index (κ3) is 1.39. The Kier molecular flexibility index (Phi) is 2.40. The number of rotatable bonds is 1. The van der Waals surface area contributed by atoms with Crippen LogP contribution >= 0.6 is 38.9 Å². The molecule has 12 heavy (non-hydrogen) atoms. The minimum atomic E-state index is 0.843. The fourth-order valence-corrected chi connectivity index (χ4v) is 2.87. The molecule has 0 saturated carbocycles. The van der Waals surface area contributed by atoms with Gasteiger partial charge in [0.1, 0.15) is 0 Å². The first kappa shape index (κ1) is 8.54. The first-order valence-corrected chi connectivity index (χ1v) is 5.86. The second kappa shape index (κ2) is 3.36. The quantitative estimate of drug-likeness (QED) is 0.665. The third-order valence-corrected chi connectivity index (χ3v) is 4.10. The first-order chi connectivity index (χ1) is 5.81. The number of benzene rings is 1. The van der Waals surface area contributed by atoms with E-state index in [2.05, 4.69) is 28.1 Å². The van der Waals surface area contributed by atoms with Crippen molar-refractivity contribution in [2.24, 2.45) is 0 Å². The fourth-order valence-electron chi connectivity index (χ4n) is 1.14. The Hall–Kier alpha value is -0.0500. The van der Waals surface area contributed by atoms with Gasteiger partial charge in [0.05, 0.1) is 0 Å². The van der Waals surface area contributed by atoms with Crippen molar-refractivity contribution in [1.82, 2.24) is 0 Å². The van der Waals surface area contributed by atoms with Crippen LogP contribution in [-0.4, -0.2) is 0 Å². The molecular weight excluding hydrogens is 256 g/mol. The molecular formula is C9H6BrClS. The Balaban J connectivity index is 2.74. The molecule has 0 atom stereocenters. The lowest BCUT2D eigenvalue weighted by Crippen LogP contribution is -1.64. The van der Waals surface area contributed by atoms with E-state index in [0.29, 0.717) is 0 Å². The number of hydrogen-bond acceptors (Lipinski definition) is 1. The van der Waals surface area contributed by atoms with Gasteiger partial charge in [0.2, 0.25) is 0 Å². The summed E-state index contributed by atoms with van der Waals surface area (Å²) in [5, 5.41) is 2.91. The number of fused-ring (bicyclic) bond motifs is 1. The van der Waals surface area contributed by atoms with Gasteiger partial charge in [-0.1, -0.05) is 33.6 Å². The molecule has 0 aliphatic carbocycles. The van der Waals surface area contributed by atoms with E-state index in [4.69, 9.17) is 11.6 Å². The van der Waals surface area contributed by atoms with Crippen molar-refractivity contribution in [2.45, 2.75) is 5.33 Å². The molecule has 0 aliphatic rings. The molecule has 0 fully saturated rings. The average molecular weight is 262 g/mol. The van der Waals surface area contributed by atoms with Crippen LogP contribution in [0.25, 0.3) is 10.1 Å². The Morgan fingerprint density at radius 2 is 2.25 bits per heavy atom. The lowest BCUT2D eigenvalue weighted by molar-refractivity contribution is 1.60. The van der Waals surface area contributed by atoms with E-state index in [-0.39, 0.29) is 0 Å². The molecule has 0 amide bonds. The standard InChI is InChI=1S/C9H6BrClS/c10-5-6-4-7-8(11)2-1-3-9(7)12-6/h1-4H,5H2. The van der Waals surface area contributed by atoms with Crippen LogP contribution in [0.15, 0.2) is 24.3 Å². The van der Waals surface area contributed by atoms with Crippen LogP contribution in [0.4, 0.5) is 0 Å². The predicted molar refractivity (Wildman–Crippen MR) is 59.5 cm³/mol. The van der Waals surface area contributed by atoms with Gasteiger partial charge < -0.3 is 0 Å². The van der Waals surface area contributed by atoms with Gasteiger partial charge in [0, 0.05) is 25.3 Å². The minimum Gasteiger partial charge on any atom is -0.139 e. The van der Waals surface area contributed by atoms with Gasteiger partial charge >= 0.3 is 0 Å². The lowest BCUT2D eigenvalue weighted by atomic mass is 10.2. The largest absolute Gasteiger partial charge is 0.139 e. The van der Waals surface area contributed by atoms with Crippen molar-refractivity contribution in [3.63, 3.8) is 0 Å². The zero-order valence-corrected chi connectivity index (χ0v) is 9.34. The average Bonchev–Trinajstić information content (AvgIpc) is 2.49. The van der Waals surface area contributed by atoms with Gasteiger partial charge in [0.15, 0.2) is 0 Å². The number of hydrogen-bond donors (Lipinski definition) is 0. The van der Waals surface area contributed by atoms with E-state index in [9.17, 15) is 0 Å². The highest BCUT2D eigenvalue weighted by molar-refractivity contribution is 9.08. The summed E-state index contributed by atoms with van der Waals surface area (Å²) in [6.07, 6.45) is 0. The third-order valence-electron chi connectivity index (χ3n) is 1.69. The molecule has 62 valence electrons. The highest BCUT2D eigenvalue weighted by Crippen LogP contribution is 2.31. The molecule has 0 aliphatic heterocycles. The van der Waals surface area contributed by atoms with E-state index in [1.54, 1.807) is 11.3 Å². The number of alkyl halides is 1. The summed E-state index contributed by atoms with van der Waals surface area (Å²) in [4.78, 5) is 1.32. The molecule has 0 N–H and O–H groups in total. The molecule has 0 radical (unpaired) electrons. The summed E-state index contributed by atoms with van der Waals surface area (Å²) < 4.78 is 1.26. The van der Waals surface area contributed by atoms with Crippen LogP contribution in [-0.2, 0) is 5.33 Å². The Morgan fingerprint density at radius 1 is 1.42 bits per heavy atom. The molecule has 0 spiro atoms. The van der Waals surface area contributed by atoms with E-state index in [0.717, 1.165) is 10.4 Å². The maximum Gasteiger partial charge on any atom is 0.0492 e. The van der Waals surface area contributed by atoms with Gasteiger partial charge in [-0.15, -0.1) is 11.3 Å². The van der Waals surface area contributed by atoms with Crippen LogP contribution in [0.3, 0.4) is 0 Å². The Morgan fingerprint density at radius 3 is 2.92 bits per heavy atom. The molecule has 3 heteroatoms.